The quantitative estimate of drug-likeness (QED) is 0.724. The Hall–Kier alpha value is -2.37. The lowest BCUT2D eigenvalue weighted by molar-refractivity contribution is -0.106. The van der Waals surface area contributed by atoms with Gasteiger partial charge in [0.2, 0.25) is 6.41 Å². The van der Waals surface area contributed by atoms with Gasteiger partial charge in [0.15, 0.2) is 0 Å². The number of amides is 1. The second kappa shape index (κ2) is 6.26. The zero-order valence-corrected chi connectivity index (χ0v) is 9.79. The summed E-state index contributed by atoms with van der Waals surface area (Å²) < 4.78 is 0. The molecular formula is C11H15N5O. The number of para-hydroxylation sites is 1. The first-order chi connectivity index (χ1) is 8.20. The molecule has 1 aliphatic rings. The first kappa shape index (κ1) is 12.7. The number of hydrogen-bond donors (Lipinski definition) is 2. The highest BCUT2D eigenvalue weighted by molar-refractivity contribution is 5.50. The lowest BCUT2D eigenvalue weighted by Gasteiger charge is -2.26. The van der Waals surface area contributed by atoms with Crippen LogP contribution in [0.5, 0.6) is 0 Å². The van der Waals surface area contributed by atoms with Crippen LogP contribution in [0.1, 0.15) is 13.8 Å². The van der Waals surface area contributed by atoms with Crippen molar-refractivity contribution in [2.45, 2.75) is 13.8 Å². The first-order valence-corrected chi connectivity index (χ1v) is 5.05. The predicted octanol–water partition coefficient (Wildman–Crippen LogP) is 1.73. The van der Waals surface area contributed by atoms with Crippen LogP contribution >= 0.6 is 0 Å². The Bertz CT molecular complexity index is 427. The molecule has 3 N–H and O–H groups in total. The number of nitrogens with one attached hydrogen (secondary N) is 1. The third-order valence-corrected chi connectivity index (χ3v) is 2.22. The molecule has 17 heavy (non-hydrogen) atoms. The van der Waals surface area contributed by atoms with E-state index < -0.39 is 0 Å². The average molecular weight is 233 g/mol. The van der Waals surface area contributed by atoms with Crippen LogP contribution in [0.3, 0.4) is 0 Å². The normalized spacial score (nSPS) is 13.6. The van der Waals surface area contributed by atoms with Crippen LogP contribution in [0.2, 0.25) is 0 Å². The highest BCUT2D eigenvalue weighted by Crippen LogP contribution is 2.21. The van der Waals surface area contributed by atoms with E-state index >= 15 is 0 Å². The summed E-state index contributed by atoms with van der Waals surface area (Å²) in [6.45, 7) is 3.95. The van der Waals surface area contributed by atoms with Crippen molar-refractivity contribution in [2.75, 3.05) is 5.01 Å². The fourth-order valence-corrected chi connectivity index (χ4v) is 1.28. The van der Waals surface area contributed by atoms with Gasteiger partial charge in [-0.1, -0.05) is 23.4 Å². The third-order valence-electron chi connectivity index (χ3n) is 2.22. The number of nitrogens with zero attached hydrogens (tertiary/aromatic N) is 3. The minimum absolute atomic E-state index is 0.250. The van der Waals surface area contributed by atoms with Crippen LogP contribution in [0, 0.1) is 0 Å². The maximum Gasteiger partial charge on any atom is 0.204 e. The Morgan fingerprint density at radius 1 is 1.29 bits per heavy atom. The van der Waals surface area contributed by atoms with E-state index in [1.54, 1.807) is 0 Å². The van der Waals surface area contributed by atoms with Gasteiger partial charge in [0.25, 0.3) is 0 Å². The molecule has 0 saturated heterocycles. The smallest absolute Gasteiger partial charge is 0.204 e. The number of nitrogens with two attached hydrogens (primary N) is 1. The molecule has 0 atom stereocenters. The van der Waals surface area contributed by atoms with Crippen molar-refractivity contribution in [3.8, 4) is 0 Å². The van der Waals surface area contributed by atoms with Crippen molar-refractivity contribution < 1.29 is 4.79 Å². The van der Waals surface area contributed by atoms with Crippen molar-refractivity contribution in [3.63, 3.8) is 0 Å². The van der Waals surface area contributed by atoms with Gasteiger partial charge < -0.3 is 5.73 Å². The van der Waals surface area contributed by atoms with Crippen LogP contribution in [-0.4, -0.2) is 6.41 Å². The van der Waals surface area contributed by atoms with E-state index in [9.17, 15) is 0 Å². The summed E-state index contributed by atoms with van der Waals surface area (Å²) in [7, 11) is 0. The monoisotopic (exact) mass is 233 g/mol. The number of carbonyl (C=O) groups excluding carboxylic acids is 1. The fourth-order valence-electron chi connectivity index (χ4n) is 1.28. The molecule has 6 nitrogen and oxygen atoms in total. The Balaban J connectivity index is 0.000000437. The highest BCUT2D eigenvalue weighted by atomic mass is 16.1. The largest absolute Gasteiger partial charge is 0.372 e. The summed E-state index contributed by atoms with van der Waals surface area (Å²) in [6, 6.07) is 10.0. The van der Waals surface area contributed by atoms with Gasteiger partial charge in [0.1, 0.15) is 0 Å². The van der Waals surface area contributed by atoms with Gasteiger partial charge in [-0.25, -0.2) is 5.01 Å². The van der Waals surface area contributed by atoms with Gasteiger partial charge in [-0.15, -0.1) is 5.11 Å². The van der Waals surface area contributed by atoms with E-state index in [2.05, 4.69) is 21.6 Å². The van der Waals surface area contributed by atoms with Gasteiger partial charge in [-0.05, 0) is 26.0 Å². The number of hydrogen-bond acceptors (Lipinski definition) is 5. The van der Waals surface area contributed by atoms with Crippen LogP contribution in [0.15, 0.2) is 52.1 Å². The zero-order valence-electron chi connectivity index (χ0n) is 9.79. The molecule has 0 radical (unpaired) electrons. The third kappa shape index (κ3) is 3.30. The van der Waals surface area contributed by atoms with Crippen molar-refractivity contribution >= 4 is 12.1 Å². The zero-order chi connectivity index (χ0) is 12.7. The average Bonchev–Trinajstić information content (AvgIpc) is 2.35. The van der Waals surface area contributed by atoms with E-state index in [0.29, 0.717) is 0 Å². The molecule has 1 amide bonds. The summed E-state index contributed by atoms with van der Waals surface area (Å²) >= 11 is 0. The van der Waals surface area contributed by atoms with Gasteiger partial charge in [-0.2, -0.15) is 5.53 Å². The minimum Gasteiger partial charge on any atom is -0.372 e. The number of rotatable bonds is 1. The number of primary amides is 1. The molecule has 0 spiro atoms. The number of allylic oxidation sites excluding steroid dienone is 2. The molecule has 1 aromatic rings. The Labute approximate surface area is 99.8 Å². The van der Waals surface area contributed by atoms with Crippen molar-refractivity contribution in [1.82, 2.24) is 5.53 Å². The van der Waals surface area contributed by atoms with E-state index in [-0.39, 0.29) is 6.41 Å². The Morgan fingerprint density at radius 3 is 2.47 bits per heavy atom. The molecule has 0 bridgehead atoms. The second-order valence-corrected chi connectivity index (χ2v) is 3.28. The van der Waals surface area contributed by atoms with Crippen molar-refractivity contribution in [3.05, 3.63) is 41.7 Å². The topological polar surface area (TPSA) is 83.1 Å². The van der Waals surface area contributed by atoms with E-state index in [4.69, 9.17) is 4.79 Å². The molecule has 1 aliphatic heterocycles. The van der Waals surface area contributed by atoms with Crippen LogP contribution in [-0.2, 0) is 4.79 Å². The van der Waals surface area contributed by atoms with E-state index in [0.717, 1.165) is 17.1 Å². The molecule has 0 unspecified atom stereocenters. The maximum atomic E-state index is 8.58. The van der Waals surface area contributed by atoms with E-state index in [1.165, 1.54) is 0 Å². The fraction of sp³-hybridized carbons (Fsp3) is 0.182. The summed E-state index contributed by atoms with van der Waals surface area (Å²) in [6.07, 6.45) is 0.250. The summed E-state index contributed by atoms with van der Waals surface area (Å²) in [4.78, 5) is 8.58. The number of benzene rings is 1. The van der Waals surface area contributed by atoms with Crippen LogP contribution in [0.4, 0.5) is 5.69 Å². The number of hydrazine groups is 1. The van der Waals surface area contributed by atoms with Gasteiger partial charge >= 0.3 is 0 Å². The standard InChI is InChI=1S/C10H12N4.CH3NO/c1-8-9(2)14(13-12-11-8)10-6-4-3-5-7-10;2-1-3/h3-7H,1-2H3,(H,11,13);1H,(H2,2,3). The van der Waals surface area contributed by atoms with Crippen molar-refractivity contribution in [2.24, 2.45) is 16.1 Å². The maximum absolute atomic E-state index is 8.58. The first-order valence-electron chi connectivity index (χ1n) is 5.05. The SMILES string of the molecule is CC1=C(C)N(c2ccccc2)NN=N1.NC=O. The molecule has 90 valence electrons. The molecule has 2 rings (SSSR count). The molecule has 0 saturated carbocycles. The molecular weight excluding hydrogens is 218 g/mol. The van der Waals surface area contributed by atoms with Crippen molar-refractivity contribution in [1.29, 1.82) is 0 Å². The molecule has 6 heteroatoms. The Kier molecular flexibility index (Phi) is 4.68. The van der Waals surface area contributed by atoms with Gasteiger partial charge in [0, 0.05) is 0 Å². The van der Waals surface area contributed by atoms with Crippen LogP contribution < -0.4 is 16.3 Å². The highest BCUT2D eigenvalue weighted by Gasteiger charge is 2.12. The van der Waals surface area contributed by atoms with Gasteiger partial charge in [0.05, 0.1) is 17.1 Å². The molecule has 1 aromatic carbocycles. The number of anilines is 1. The second-order valence-electron chi connectivity index (χ2n) is 3.28. The summed E-state index contributed by atoms with van der Waals surface area (Å²) in [5, 5.41) is 9.65. The lowest BCUT2D eigenvalue weighted by Crippen LogP contribution is -2.34. The predicted molar refractivity (Wildman–Crippen MR) is 65.5 cm³/mol. The minimum atomic E-state index is 0.250. The molecule has 1 heterocycles. The number of carbonyl (C=O) groups is 1. The molecule has 0 aromatic heterocycles. The van der Waals surface area contributed by atoms with Gasteiger partial charge in [-0.3, -0.25) is 4.79 Å². The summed E-state index contributed by atoms with van der Waals surface area (Å²) in [5.41, 5.74) is 10.1. The molecule has 0 fully saturated rings. The Morgan fingerprint density at radius 2 is 1.88 bits per heavy atom. The van der Waals surface area contributed by atoms with Crippen LogP contribution in [0.25, 0.3) is 0 Å². The molecule has 0 aliphatic carbocycles. The lowest BCUT2D eigenvalue weighted by atomic mass is 10.3. The van der Waals surface area contributed by atoms with E-state index in [1.807, 2.05) is 49.2 Å². The summed E-state index contributed by atoms with van der Waals surface area (Å²) in [5.74, 6) is 0.